The summed E-state index contributed by atoms with van der Waals surface area (Å²) in [7, 11) is -1.96. The minimum absolute atomic E-state index is 0.0920. The number of nitrogens with zero attached hydrogens (tertiary/aromatic N) is 1. The van der Waals surface area contributed by atoms with Crippen molar-refractivity contribution in [2.75, 3.05) is 19.4 Å². The van der Waals surface area contributed by atoms with Crippen LogP contribution in [0.4, 0.5) is 5.69 Å². The first-order valence-corrected chi connectivity index (χ1v) is 8.31. The van der Waals surface area contributed by atoms with Gasteiger partial charge in [0.05, 0.1) is 12.1 Å². The van der Waals surface area contributed by atoms with Gasteiger partial charge in [0.1, 0.15) is 4.90 Å². The maximum atomic E-state index is 12.8. The fraction of sp³-hybridized carbons (Fsp3) is 0.429. The van der Waals surface area contributed by atoms with Crippen LogP contribution in [0, 0.1) is 0 Å². The van der Waals surface area contributed by atoms with E-state index in [0.29, 0.717) is 24.1 Å². The number of fused-ring (bicyclic) bond motifs is 1. The lowest BCUT2D eigenvalue weighted by atomic mass is 10.2. The third-order valence-electron chi connectivity index (χ3n) is 4.13. The van der Waals surface area contributed by atoms with Crippen molar-refractivity contribution in [3.05, 3.63) is 24.4 Å². The summed E-state index contributed by atoms with van der Waals surface area (Å²) >= 11 is 0. The van der Waals surface area contributed by atoms with Crippen molar-refractivity contribution in [1.29, 1.82) is 0 Å². The number of aromatic nitrogens is 1. The van der Waals surface area contributed by atoms with Gasteiger partial charge in [0, 0.05) is 36.4 Å². The summed E-state index contributed by atoms with van der Waals surface area (Å²) in [5.41, 5.74) is 7.04. The van der Waals surface area contributed by atoms with Gasteiger partial charge in [-0.3, -0.25) is 0 Å². The third kappa shape index (κ3) is 2.31. The van der Waals surface area contributed by atoms with E-state index in [1.807, 2.05) is 6.92 Å². The van der Waals surface area contributed by atoms with E-state index >= 15 is 0 Å². The van der Waals surface area contributed by atoms with Crippen LogP contribution in [0.5, 0.6) is 0 Å². The van der Waals surface area contributed by atoms with E-state index in [-0.39, 0.29) is 17.0 Å². The number of nitrogens with two attached hydrogens (primary N) is 1. The molecular formula is C14H19N3O3S. The smallest absolute Gasteiger partial charge is 0.245 e. The van der Waals surface area contributed by atoms with Crippen LogP contribution >= 0.6 is 0 Å². The Morgan fingerprint density at radius 3 is 2.86 bits per heavy atom. The largest absolute Gasteiger partial charge is 0.399 e. The second-order valence-corrected chi connectivity index (χ2v) is 7.38. The first-order chi connectivity index (χ1) is 9.91. The molecule has 2 unspecified atom stereocenters. The minimum atomic E-state index is -3.57. The zero-order chi connectivity index (χ0) is 15.2. The average molecular weight is 309 g/mol. The van der Waals surface area contributed by atoms with Crippen LogP contribution in [0.15, 0.2) is 29.3 Å². The molecule has 1 saturated heterocycles. The highest BCUT2D eigenvalue weighted by Gasteiger charge is 2.36. The summed E-state index contributed by atoms with van der Waals surface area (Å²) in [4.78, 5) is 3.25. The van der Waals surface area contributed by atoms with E-state index in [2.05, 4.69) is 4.98 Å². The van der Waals surface area contributed by atoms with Gasteiger partial charge in [0.25, 0.3) is 0 Å². The van der Waals surface area contributed by atoms with Crippen molar-refractivity contribution in [3.63, 3.8) is 0 Å². The number of nitrogens with one attached hydrogen (secondary N) is 1. The fourth-order valence-electron chi connectivity index (χ4n) is 2.86. The molecule has 0 radical (unpaired) electrons. The number of ether oxygens (including phenoxy) is 1. The topological polar surface area (TPSA) is 88.4 Å². The number of rotatable bonds is 3. The molecule has 0 aliphatic carbocycles. The summed E-state index contributed by atoms with van der Waals surface area (Å²) in [5.74, 6) is 0. The molecule has 1 aliphatic rings. The van der Waals surface area contributed by atoms with Crippen molar-refractivity contribution in [1.82, 2.24) is 9.29 Å². The standard InChI is InChI=1S/C14H19N3O3S/c1-9-13(5-6-20-9)17(2)21(18,19)14-8-16-12-7-10(15)3-4-11(12)14/h3-4,7-9,13,16H,5-6,15H2,1-2H3. The lowest BCUT2D eigenvalue weighted by Gasteiger charge is -2.25. The number of sulfonamides is 1. The summed E-state index contributed by atoms with van der Waals surface area (Å²) in [6.07, 6.45) is 2.15. The molecule has 3 N–H and O–H groups in total. The van der Waals surface area contributed by atoms with Gasteiger partial charge in [0.2, 0.25) is 10.0 Å². The molecule has 0 spiro atoms. The molecule has 2 heterocycles. The number of hydrogen-bond donors (Lipinski definition) is 2. The molecular weight excluding hydrogens is 290 g/mol. The van der Waals surface area contributed by atoms with Crippen LogP contribution in [0.3, 0.4) is 0 Å². The Hall–Kier alpha value is -1.57. The molecule has 1 aromatic carbocycles. The zero-order valence-corrected chi connectivity index (χ0v) is 12.9. The molecule has 21 heavy (non-hydrogen) atoms. The van der Waals surface area contributed by atoms with Gasteiger partial charge in [-0.25, -0.2) is 8.42 Å². The first kappa shape index (κ1) is 14.4. The molecule has 3 rings (SSSR count). The van der Waals surface area contributed by atoms with Crippen LogP contribution in [-0.4, -0.2) is 43.5 Å². The predicted molar refractivity (Wildman–Crippen MR) is 81.5 cm³/mol. The highest BCUT2D eigenvalue weighted by molar-refractivity contribution is 7.89. The van der Waals surface area contributed by atoms with Gasteiger partial charge in [-0.1, -0.05) is 0 Å². The number of benzene rings is 1. The number of hydrogen-bond acceptors (Lipinski definition) is 4. The second-order valence-electron chi connectivity index (χ2n) is 5.41. The third-order valence-corrected chi connectivity index (χ3v) is 6.05. The molecule has 1 aliphatic heterocycles. The van der Waals surface area contributed by atoms with Gasteiger partial charge >= 0.3 is 0 Å². The quantitative estimate of drug-likeness (QED) is 0.842. The maximum absolute atomic E-state index is 12.8. The monoisotopic (exact) mass is 309 g/mol. The van der Waals surface area contributed by atoms with Crippen molar-refractivity contribution >= 4 is 26.6 Å². The van der Waals surface area contributed by atoms with E-state index in [0.717, 1.165) is 5.52 Å². The number of aromatic amines is 1. The van der Waals surface area contributed by atoms with Crippen LogP contribution in [-0.2, 0) is 14.8 Å². The van der Waals surface area contributed by atoms with E-state index in [1.165, 1.54) is 10.5 Å². The zero-order valence-electron chi connectivity index (χ0n) is 12.0. The van der Waals surface area contributed by atoms with Crippen molar-refractivity contribution in [2.45, 2.75) is 30.4 Å². The van der Waals surface area contributed by atoms with Crippen molar-refractivity contribution in [2.24, 2.45) is 0 Å². The minimum Gasteiger partial charge on any atom is -0.399 e. The van der Waals surface area contributed by atoms with Crippen molar-refractivity contribution < 1.29 is 13.2 Å². The predicted octanol–water partition coefficient (Wildman–Crippen LogP) is 1.55. The van der Waals surface area contributed by atoms with Crippen LogP contribution < -0.4 is 5.73 Å². The second kappa shape index (κ2) is 5.01. The molecule has 6 nitrogen and oxygen atoms in total. The van der Waals surface area contributed by atoms with Crippen LogP contribution in [0.25, 0.3) is 10.9 Å². The van der Waals surface area contributed by atoms with Crippen LogP contribution in [0.2, 0.25) is 0 Å². The Kier molecular flexibility index (Phi) is 3.43. The molecule has 2 aromatic rings. The fourth-order valence-corrected chi connectivity index (χ4v) is 4.47. The van der Waals surface area contributed by atoms with E-state index in [1.54, 1.807) is 25.2 Å². The highest BCUT2D eigenvalue weighted by Crippen LogP contribution is 2.30. The SMILES string of the molecule is CC1OCCC1N(C)S(=O)(=O)c1c[nH]c2cc(N)ccc12. The molecule has 114 valence electrons. The molecule has 0 bridgehead atoms. The molecule has 1 aromatic heterocycles. The lowest BCUT2D eigenvalue weighted by molar-refractivity contribution is 0.102. The summed E-state index contributed by atoms with van der Waals surface area (Å²) in [6, 6.07) is 5.04. The summed E-state index contributed by atoms with van der Waals surface area (Å²) in [5, 5.41) is 0.655. The Morgan fingerprint density at radius 1 is 1.43 bits per heavy atom. The Morgan fingerprint density at radius 2 is 2.19 bits per heavy atom. The number of nitrogen functional groups attached to an aromatic ring is 1. The molecule has 1 fully saturated rings. The highest BCUT2D eigenvalue weighted by atomic mass is 32.2. The van der Waals surface area contributed by atoms with Gasteiger partial charge in [0.15, 0.2) is 0 Å². The first-order valence-electron chi connectivity index (χ1n) is 6.87. The number of H-pyrrole nitrogens is 1. The molecule has 7 heteroatoms. The molecule has 0 saturated carbocycles. The van der Waals surface area contributed by atoms with Crippen molar-refractivity contribution in [3.8, 4) is 0 Å². The summed E-state index contributed by atoms with van der Waals surface area (Å²) < 4.78 is 32.6. The van der Waals surface area contributed by atoms with Gasteiger partial charge in [-0.2, -0.15) is 4.31 Å². The average Bonchev–Trinajstić information content (AvgIpc) is 3.03. The van der Waals surface area contributed by atoms with Gasteiger partial charge in [-0.15, -0.1) is 0 Å². The summed E-state index contributed by atoms with van der Waals surface area (Å²) in [6.45, 7) is 2.50. The van der Waals surface area contributed by atoms with E-state index < -0.39 is 10.0 Å². The van der Waals surface area contributed by atoms with E-state index in [4.69, 9.17) is 10.5 Å². The number of anilines is 1. The van der Waals surface area contributed by atoms with E-state index in [9.17, 15) is 8.42 Å². The lowest BCUT2D eigenvalue weighted by Crippen LogP contribution is -2.40. The van der Waals surface area contributed by atoms with Crippen LogP contribution in [0.1, 0.15) is 13.3 Å². The molecule has 2 atom stereocenters. The Balaban J connectivity index is 2.04. The maximum Gasteiger partial charge on any atom is 0.245 e. The molecule has 0 amide bonds. The Bertz CT molecular complexity index is 769. The van der Waals surface area contributed by atoms with Gasteiger partial charge < -0.3 is 15.5 Å². The normalized spacial score (nSPS) is 23.2. The Labute approximate surface area is 123 Å². The number of likely N-dealkylation sites (N-methyl/N-ethyl adjacent to an activating group) is 1. The van der Waals surface area contributed by atoms with Gasteiger partial charge in [-0.05, 0) is 31.5 Å².